The minimum Gasteiger partial charge on any atom is -0.309 e. The Bertz CT molecular complexity index is 915. The van der Waals surface area contributed by atoms with Crippen LogP contribution in [0.2, 0.25) is 5.02 Å². The quantitative estimate of drug-likeness (QED) is 0.785. The fourth-order valence-corrected chi connectivity index (χ4v) is 3.55. The van der Waals surface area contributed by atoms with Gasteiger partial charge in [0, 0.05) is 17.9 Å². The zero-order valence-corrected chi connectivity index (χ0v) is 13.3. The van der Waals surface area contributed by atoms with Crippen LogP contribution in [-0.4, -0.2) is 16.1 Å². The van der Waals surface area contributed by atoms with Crippen LogP contribution >= 0.6 is 11.6 Å². The van der Waals surface area contributed by atoms with Gasteiger partial charge in [-0.05, 0) is 49.0 Å². The van der Waals surface area contributed by atoms with Gasteiger partial charge in [-0.2, -0.15) is 0 Å². The number of fused-ring (bicyclic) bond motifs is 1. The topological polar surface area (TPSA) is 46.9 Å². The van der Waals surface area contributed by atoms with E-state index in [1.54, 1.807) is 23.0 Å². The third-order valence-corrected chi connectivity index (χ3v) is 4.66. The summed E-state index contributed by atoms with van der Waals surface area (Å²) in [6, 6.07) is 11.6. The zero-order valence-electron chi connectivity index (χ0n) is 12.5. The van der Waals surface area contributed by atoms with Gasteiger partial charge in [-0.25, -0.2) is 0 Å². The standard InChI is InChI=1S/C18H16ClN3O/c19-14-6-1-4-12-10-16(15-7-3-9-21-15)22(18(23)17(12)14)13-5-2-8-20-11-13/h1-2,4-6,8,10-11,15,21H,3,7,9H2. The number of benzene rings is 1. The van der Waals surface area contributed by atoms with Gasteiger partial charge in [-0.3, -0.25) is 14.3 Å². The lowest BCUT2D eigenvalue weighted by atomic mass is 10.1. The van der Waals surface area contributed by atoms with Crippen molar-refractivity contribution in [3.05, 3.63) is 69.9 Å². The summed E-state index contributed by atoms with van der Waals surface area (Å²) in [5.74, 6) is 0. The number of hydrogen-bond donors (Lipinski definition) is 1. The number of hydrogen-bond acceptors (Lipinski definition) is 3. The fraction of sp³-hybridized carbons (Fsp3) is 0.222. The second-order valence-corrected chi connectivity index (χ2v) is 6.18. The second kappa shape index (κ2) is 5.80. The molecule has 4 rings (SSSR count). The molecule has 0 radical (unpaired) electrons. The van der Waals surface area contributed by atoms with Crippen molar-refractivity contribution < 1.29 is 0 Å². The number of aromatic nitrogens is 2. The van der Waals surface area contributed by atoms with E-state index in [4.69, 9.17) is 11.6 Å². The van der Waals surface area contributed by atoms with E-state index >= 15 is 0 Å². The zero-order chi connectivity index (χ0) is 15.8. The number of nitrogens with zero attached hydrogens (tertiary/aromatic N) is 2. The van der Waals surface area contributed by atoms with Gasteiger partial charge in [-0.1, -0.05) is 23.7 Å². The maximum atomic E-state index is 13.2. The molecule has 1 saturated heterocycles. The van der Waals surface area contributed by atoms with Crippen LogP contribution in [0.5, 0.6) is 0 Å². The molecule has 0 aliphatic carbocycles. The maximum absolute atomic E-state index is 13.2. The van der Waals surface area contributed by atoms with E-state index in [9.17, 15) is 4.79 Å². The van der Waals surface area contributed by atoms with Gasteiger partial charge < -0.3 is 5.32 Å². The lowest BCUT2D eigenvalue weighted by Gasteiger charge is -2.19. The van der Waals surface area contributed by atoms with Crippen LogP contribution in [0, 0.1) is 0 Å². The first-order chi connectivity index (χ1) is 11.3. The van der Waals surface area contributed by atoms with Gasteiger partial charge in [0.2, 0.25) is 0 Å². The molecule has 1 unspecified atom stereocenters. The average Bonchev–Trinajstić information content (AvgIpc) is 3.09. The predicted octanol–water partition coefficient (Wildman–Crippen LogP) is 3.46. The van der Waals surface area contributed by atoms with Crippen molar-refractivity contribution in [3.63, 3.8) is 0 Å². The van der Waals surface area contributed by atoms with E-state index in [1.165, 1.54) is 0 Å². The summed E-state index contributed by atoms with van der Waals surface area (Å²) < 4.78 is 1.74. The van der Waals surface area contributed by atoms with Crippen molar-refractivity contribution in [3.8, 4) is 5.69 Å². The van der Waals surface area contributed by atoms with Gasteiger partial charge in [0.1, 0.15) is 0 Å². The number of rotatable bonds is 2. The third-order valence-electron chi connectivity index (χ3n) is 4.35. The van der Waals surface area contributed by atoms with Crippen molar-refractivity contribution in [2.75, 3.05) is 6.54 Å². The molecule has 3 heterocycles. The molecule has 1 fully saturated rings. The van der Waals surface area contributed by atoms with Gasteiger partial charge in [0.15, 0.2) is 0 Å². The minimum atomic E-state index is -0.0928. The molecule has 1 aromatic carbocycles. The van der Waals surface area contributed by atoms with E-state index in [0.717, 1.165) is 36.2 Å². The lowest BCUT2D eigenvalue weighted by Crippen LogP contribution is -2.27. The minimum absolute atomic E-state index is 0.0928. The van der Waals surface area contributed by atoms with Crippen molar-refractivity contribution in [1.82, 2.24) is 14.9 Å². The highest BCUT2D eigenvalue weighted by Gasteiger charge is 2.22. The Kier molecular flexibility index (Phi) is 3.63. The molecule has 3 aromatic rings. The van der Waals surface area contributed by atoms with Crippen molar-refractivity contribution in [1.29, 1.82) is 0 Å². The molecule has 0 bridgehead atoms. The molecule has 0 spiro atoms. The summed E-state index contributed by atoms with van der Waals surface area (Å²) in [6.45, 7) is 0.972. The molecule has 116 valence electrons. The Morgan fingerprint density at radius 2 is 2.17 bits per heavy atom. The Balaban J connectivity index is 2.08. The Morgan fingerprint density at radius 3 is 2.91 bits per heavy atom. The predicted molar refractivity (Wildman–Crippen MR) is 92.3 cm³/mol. The summed E-state index contributed by atoms with van der Waals surface area (Å²) in [7, 11) is 0. The smallest absolute Gasteiger partial charge is 0.264 e. The van der Waals surface area contributed by atoms with Gasteiger partial charge in [-0.15, -0.1) is 0 Å². The molecule has 1 N–H and O–H groups in total. The number of nitrogens with one attached hydrogen (secondary N) is 1. The highest BCUT2D eigenvalue weighted by molar-refractivity contribution is 6.35. The first-order valence-electron chi connectivity index (χ1n) is 7.73. The monoisotopic (exact) mass is 325 g/mol. The van der Waals surface area contributed by atoms with E-state index in [1.807, 2.05) is 24.3 Å². The maximum Gasteiger partial charge on any atom is 0.264 e. The van der Waals surface area contributed by atoms with Crippen LogP contribution in [0.1, 0.15) is 24.6 Å². The van der Waals surface area contributed by atoms with Crippen LogP contribution in [-0.2, 0) is 0 Å². The second-order valence-electron chi connectivity index (χ2n) is 5.77. The molecule has 1 aliphatic rings. The van der Waals surface area contributed by atoms with E-state index in [-0.39, 0.29) is 11.6 Å². The fourth-order valence-electron chi connectivity index (χ4n) is 3.29. The molecular formula is C18H16ClN3O. The molecular weight excluding hydrogens is 310 g/mol. The molecule has 4 nitrogen and oxygen atoms in total. The summed E-state index contributed by atoms with van der Waals surface area (Å²) in [5.41, 5.74) is 1.64. The molecule has 23 heavy (non-hydrogen) atoms. The summed E-state index contributed by atoms with van der Waals surface area (Å²) in [5, 5.41) is 5.40. The first-order valence-corrected chi connectivity index (χ1v) is 8.11. The van der Waals surface area contributed by atoms with E-state index < -0.39 is 0 Å². The van der Waals surface area contributed by atoms with Crippen LogP contribution < -0.4 is 10.9 Å². The third kappa shape index (κ3) is 2.44. The molecule has 2 aromatic heterocycles. The van der Waals surface area contributed by atoms with E-state index in [2.05, 4.69) is 16.4 Å². The number of pyridine rings is 2. The SMILES string of the molecule is O=c1c2c(Cl)cccc2cc(C2CCCN2)n1-c1cccnc1. The highest BCUT2D eigenvalue weighted by Crippen LogP contribution is 2.28. The van der Waals surface area contributed by atoms with Crippen LogP contribution in [0.3, 0.4) is 0 Å². The first kappa shape index (κ1) is 14.4. The van der Waals surface area contributed by atoms with E-state index in [0.29, 0.717) is 10.4 Å². The normalized spacial score (nSPS) is 17.7. The van der Waals surface area contributed by atoms with Crippen molar-refractivity contribution in [2.24, 2.45) is 0 Å². The van der Waals surface area contributed by atoms with Gasteiger partial charge in [0.25, 0.3) is 5.56 Å². The van der Waals surface area contributed by atoms with Gasteiger partial charge >= 0.3 is 0 Å². The Hall–Kier alpha value is -2.17. The van der Waals surface area contributed by atoms with Crippen LogP contribution in [0.25, 0.3) is 16.5 Å². The van der Waals surface area contributed by atoms with Crippen molar-refractivity contribution >= 4 is 22.4 Å². The lowest BCUT2D eigenvalue weighted by molar-refractivity contribution is 0.607. The summed E-state index contributed by atoms with van der Waals surface area (Å²) >= 11 is 6.29. The Morgan fingerprint density at radius 1 is 1.26 bits per heavy atom. The summed E-state index contributed by atoms with van der Waals surface area (Å²) in [4.78, 5) is 17.3. The largest absolute Gasteiger partial charge is 0.309 e. The molecule has 1 aliphatic heterocycles. The molecule has 0 amide bonds. The van der Waals surface area contributed by atoms with Crippen LogP contribution in [0.15, 0.2) is 53.6 Å². The van der Waals surface area contributed by atoms with Gasteiger partial charge in [0.05, 0.1) is 22.3 Å². The van der Waals surface area contributed by atoms with Crippen molar-refractivity contribution in [2.45, 2.75) is 18.9 Å². The highest BCUT2D eigenvalue weighted by atomic mass is 35.5. The van der Waals surface area contributed by atoms with Crippen LogP contribution in [0.4, 0.5) is 0 Å². The molecule has 0 saturated carbocycles. The summed E-state index contributed by atoms with van der Waals surface area (Å²) in [6.07, 6.45) is 5.55. The average molecular weight is 326 g/mol. The molecule has 1 atom stereocenters. The Labute approximate surface area is 138 Å². The molecule has 5 heteroatoms. The number of halogens is 1.